The lowest BCUT2D eigenvalue weighted by Gasteiger charge is -2.07. The summed E-state index contributed by atoms with van der Waals surface area (Å²) in [6.07, 6.45) is 51.8. The summed E-state index contributed by atoms with van der Waals surface area (Å²) >= 11 is 0. The highest BCUT2D eigenvalue weighted by molar-refractivity contribution is 5.59. The van der Waals surface area contributed by atoms with Crippen molar-refractivity contribution in [3.8, 4) is 0 Å². The fourth-order valence-electron chi connectivity index (χ4n) is 6.71. The summed E-state index contributed by atoms with van der Waals surface area (Å²) in [6, 6.07) is 0. The van der Waals surface area contributed by atoms with E-state index in [1.165, 1.54) is 218 Å². The zero-order valence-corrected chi connectivity index (χ0v) is 32.0. The quantitative estimate of drug-likeness (QED) is 0.0489. The molecule has 0 bridgehead atoms. The second kappa shape index (κ2) is 42.3. The Labute approximate surface area is 290 Å². The molecule has 3 nitrogen and oxygen atoms in total. The Morgan fingerprint density at radius 2 is 0.413 bits per heavy atom. The van der Waals surface area contributed by atoms with Crippen LogP contribution >= 0.6 is 0 Å². The van der Waals surface area contributed by atoms with Gasteiger partial charge in [-0.15, -0.1) is 0 Å². The number of rotatable bonds is 40. The molecule has 0 aliphatic carbocycles. The number of carbonyl (C=O) groups excluding carboxylic acids is 1. The molecule has 0 spiro atoms. The van der Waals surface area contributed by atoms with Crippen LogP contribution in [0.25, 0.3) is 0 Å². The van der Waals surface area contributed by atoms with Crippen LogP contribution < -0.4 is 0 Å². The predicted octanol–water partition coefficient (Wildman–Crippen LogP) is 16.0. The number of hydrogen-bond donors (Lipinski definition) is 0. The molecule has 0 saturated heterocycles. The van der Waals surface area contributed by atoms with Gasteiger partial charge in [0.15, 0.2) is 0 Å². The molecule has 0 fully saturated rings. The zero-order chi connectivity index (χ0) is 33.3. The van der Waals surface area contributed by atoms with Gasteiger partial charge in [-0.3, -0.25) is 0 Å². The summed E-state index contributed by atoms with van der Waals surface area (Å²) in [6.45, 7) is 5.61. The van der Waals surface area contributed by atoms with Gasteiger partial charge < -0.3 is 9.47 Å². The summed E-state index contributed by atoms with van der Waals surface area (Å²) in [7, 11) is 0. The standard InChI is InChI=1S/C43H86O3/c1-3-5-7-9-11-13-15-17-19-21-23-25-27-29-31-33-35-37-39-41-45-43(44)46-42-40-38-36-34-32-30-28-26-24-22-20-18-16-14-12-10-8-6-4-2/h3-42H2,1-2H3. The molecule has 0 aliphatic rings. The summed E-state index contributed by atoms with van der Waals surface area (Å²) < 4.78 is 10.5. The molecular formula is C43H86O3. The van der Waals surface area contributed by atoms with Crippen LogP contribution in [0.3, 0.4) is 0 Å². The van der Waals surface area contributed by atoms with Crippen molar-refractivity contribution in [3.05, 3.63) is 0 Å². The van der Waals surface area contributed by atoms with Gasteiger partial charge in [-0.05, 0) is 12.8 Å². The van der Waals surface area contributed by atoms with Crippen LogP contribution in [0.5, 0.6) is 0 Å². The minimum absolute atomic E-state index is 0.468. The monoisotopic (exact) mass is 651 g/mol. The van der Waals surface area contributed by atoms with Crippen molar-refractivity contribution in [2.75, 3.05) is 13.2 Å². The first kappa shape index (κ1) is 45.3. The summed E-state index contributed by atoms with van der Waals surface area (Å²) in [5.41, 5.74) is 0. The van der Waals surface area contributed by atoms with Crippen molar-refractivity contribution in [1.82, 2.24) is 0 Å². The van der Waals surface area contributed by atoms with E-state index in [-0.39, 0.29) is 0 Å². The second-order valence-corrected chi connectivity index (χ2v) is 14.7. The number of carbonyl (C=O) groups is 1. The topological polar surface area (TPSA) is 35.5 Å². The van der Waals surface area contributed by atoms with Gasteiger partial charge in [0.05, 0.1) is 13.2 Å². The van der Waals surface area contributed by atoms with Gasteiger partial charge in [0.25, 0.3) is 0 Å². The van der Waals surface area contributed by atoms with Gasteiger partial charge in [-0.25, -0.2) is 4.79 Å². The summed E-state index contributed by atoms with van der Waals surface area (Å²) in [4.78, 5) is 11.8. The van der Waals surface area contributed by atoms with Gasteiger partial charge in [-0.1, -0.05) is 245 Å². The molecule has 0 aromatic rings. The van der Waals surface area contributed by atoms with E-state index in [4.69, 9.17) is 9.47 Å². The van der Waals surface area contributed by atoms with Gasteiger partial charge in [0, 0.05) is 0 Å². The minimum Gasteiger partial charge on any atom is -0.434 e. The summed E-state index contributed by atoms with van der Waals surface area (Å²) in [5.74, 6) is 0. The van der Waals surface area contributed by atoms with Gasteiger partial charge in [-0.2, -0.15) is 0 Å². The van der Waals surface area contributed by atoms with Gasteiger partial charge >= 0.3 is 6.16 Å². The van der Waals surface area contributed by atoms with Crippen molar-refractivity contribution in [3.63, 3.8) is 0 Å². The lowest BCUT2D eigenvalue weighted by Crippen LogP contribution is -2.09. The maximum atomic E-state index is 11.8. The SMILES string of the molecule is CCCCCCCCCCCCCCCCCCCCCOC(=O)OCCCCCCCCCCCCCCCCCCCCC. The van der Waals surface area contributed by atoms with E-state index in [1.54, 1.807) is 0 Å². The predicted molar refractivity (Wildman–Crippen MR) is 204 cm³/mol. The summed E-state index contributed by atoms with van der Waals surface area (Å²) in [5, 5.41) is 0. The number of ether oxygens (including phenoxy) is 2. The maximum Gasteiger partial charge on any atom is 0.508 e. The molecule has 0 heterocycles. The first-order valence-corrected chi connectivity index (χ1v) is 21.6. The molecule has 0 unspecified atom stereocenters. The highest BCUT2D eigenvalue weighted by Crippen LogP contribution is 2.16. The van der Waals surface area contributed by atoms with Crippen molar-refractivity contribution >= 4 is 6.16 Å². The fourth-order valence-corrected chi connectivity index (χ4v) is 6.71. The van der Waals surface area contributed by atoms with Crippen LogP contribution in [0.1, 0.15) is 258 Å². The van der Waals surface area contributed by atoms with E-state index in [0.717, 1.165) is 25.7 Å². The van der Waals surface area contributed by atoms with E-state index in [1.807, 2.05) is 0 Å². The van der Waals surface area contributed by atoms with Crippen molar-refractivity contribution in [2.24, 2.45) is 0 Å². The molecule has 0 amide bonds. The number of unbranched alkanes of at least 4 members (excludes halogenated alkanes) is 36. The Hall–Kier alpha value is -0.730. The molecule has 0 radical (unpaired) electrons. The molecule has 0 N–H and O–H groups in total. The molecular weight excluding hydrogens is 564 g/mol. The zero-order valence-electron chi connectivity index (χ0n) is 32.0. The van der Waals surface area contributed by atoms with Gasteiger partial charge in [0.1, 0.15) is 0 Å². The fraction of sp³-hybridized carbons (Fsp3) is 0.977. The van der Waals surface area contributed by atoms with Crippen molar-refractivity contribution in [1.29, 1.82) is 0 Å². The Morgan fingerprint density at radius 3 is 0.587 bits per heavy atom. The van der Waals surface area contributed by atoms with Crippen LogP contribution in [0.2, 0.25) is 0 Å². The normalized spacial score (nSPS) is 11.3. The Balaban J connectivity index is 3.14. The van der Waals surface area contributed by atoms with E-state index >= 15 is 0 Å². The average Bonchev–Trinajstić information content (AvgIpc) is 3.06. The van der Waals surface area contributed by atoms with Crippen LogP contribution in [0.15, 0.2) is 0 Å². The molecule has 0 aromatic carbocycles. The first-order valence-electron chi connectivity index (χ1n) is 21.6. The van der Waals surface area contributed by atoms with Crippen LogP contribution in [0.4, 0.5) is 4.79 Å². The molecule has 46 heavy (non-hydrogen) atoms. The lowest BCUT2D eigenvalue weighted by molar-refractivity contribution is 0.0529. The third-order valence-corrected chi connectivity index (χ3v) is 9.94. The lowest BCUT2D eigenvalue weighted by atomic mass is 10.0. The third-order valence-electron chi connectivity index (χ3n) is 9.94. The molecule has 3 heteroatoms. The highest BCUT2D eigenvalue weighted by Gasteiger charge is 2.03. The first-order chi connectivity index (χ1) is 22.8. The van der Waals surface area contributed by atoms with Crippen molar-refractivity contribution in [2.45, 2.75) is 258 Å². The van der Waals surface area contributed by atoms with Gasteiger partial charge in [0.2, 0.25) is 0 Å². The molecule has 0 saturated carbocycles. The van der Waals surface area contributed by atoms with E-state index in [2.05, 4.69) is 13.8 Å². The Morgan fingerprint density at radius 1 is 0.261 bits per heavy atom. The smallest absolute Gasteiger partial charge is 0.434 e. The van der Waals surface area contributed by atoms with E-state index in [9.17, 15) is 4.79 Å². The number of hydrogen-bond acceptors (Lipinski definition) is 3. The molecule has 276 valence electrons. The average molecular weight is 651 g/mol. The second-order valence-electron chi connectivity index (χ2n) is 14.7. The van der Waals surface area contributed by atoms with E-state index in [0.29, 0.717) is 13.2 Å². The molecule has 0 aromatic heterocycles. The van der Waals surface area contributed by atoms with Crippen molar-refractivity contribution < 1.29 is 14.3 Å². The maximum absolute atomic E-state index is 11.8. The van der Waals surface area contributed by atoms with E-state index < -0.39 is 6.16 Å². The van der Waals surface area contributed by atoms with Crippen LogP contribution in [-0.4, -0.2) is 19.4 Å². The van der Waals surface area contributed by atoms with Crippen LogP contribution in [-0.2, 0) is 9.47 Å². The molecule has 0 atom stereocenters. The third kappa shape index (κ3) is 41.3. The Kier molecular flexibility index (Phi) is 41.6. The minimum atomic E-state index is -0.468. The molecule has 0 rings (SSSR count). The molecule has 0 aliphatic heterocycles. The van der Waals surface area contributed by atoms with Crippen LogP contribution in [0, 0.1) is 0 Å². The highest BCUT2D eigenvalue weighted by atomic mass is 16.7. The largest absolute Gasteiger partial charge is 0.508 e. The Bertz CT molecular complexity index is 502.